The number of nitrogens with zero attached hydrogens (tertiary/aromatic N) is 2. The molecule has 1 aliphatic rings. The minimum Gasteiger partial charge on any atom is -0.426 e. The zero-order chi connectivity index (χ0) is 25.6. The molecule has 4 heteroatoms. The first-order valence-corrected chi connectivity index (χ1v) is 14.8. The molecule has 36 heavy (non-hydrogen) atoms. The lowest BCUT2D eigenvalue weighted by Gasteiger charge is -2.27. The molecule has 0 amide bonds. The molecule has 1 saturated carbocycles. The zero-order valence-corrected chi connectivity index (χ0v) is 23.0. The summed E-state index contributed by atoms with van der Waals surface area (Å²) in [6.45, 7) is 6.76. The maximum Gasteiger partial charge on any atom is 0.314 e. The normalized spacial score (nSPS) is 18.6. The summed E-state index contributed by atoms with van der Waals surface area (Å²) in [4.78, 5) is 22.1. The van der Waals surface area contributed by atoms with Gasteiger partial charge < -0.3 is 4.74 Å². The van der Waals surface area contributed by atoms with Gasteiger partial charge in [-0.2, -0.15) is 0 Å². The highest BCUT2D eigenvalue weighted by Crippen LogP contribution is 2.33. The number of benzene rings is 1. The van der Waals surface area contributed by atoms with Crippen molar-refractivity contribution in [2.75, 3.05) is 0 Å². The molecule has 0 bridgehead atoms. The summed E-state index contributed by atoms with van der Waals surface area (Å²) in [5.74, 6) is 2.65. The van der Waals surface area contributed by atoms with Gasteiger partial charge in [-0.25, -0.2) is 9.97 Å². The van der Waals surface area contributed by atoms with Crippen LogP contribution in [-0.4, -0.2) is 15.9 Å². The number of aromatic nitrogens is 2. The van der Waals surface area contributed by atoms with Gasteiger partial charge in [0.2, 0.25) is 0 Å². The van der Waals surface area contributed by atoms with E-state index in [1.165, 1.54) is 76.2 Å². The lowest BCUT2D eigenvalue weighted by Crippen LogP contribution is -2.25. The first-order valence-electron chi connectivity index (χ1n) is 14.8. The number of rotatable bonds is 15. The third kappa shape index (κ3) is 9.01. The van der Waals surface area contributed by atoms with Crippen molar-refractivity contribution in [3.63, 3.8) is 0 Å². The van der Waals surface area contributed by atoms with E-state index in [1.54, 1.807) is 0 Å². The predicted molar refractivity (Wildman–Crippen MR) is 149 cm³/mol. The maximum atomic E-state index is 12.7. The van der Waals surface area contributed by atoms with Gasteiger partial charge >= 0.3 is 5.97 Å². The van der Waals surface area contributed by atoms with Gasteiger partial charge in [0.1, 0.15) is 5.75 Å². The Kier molecular flexibility index (Phi) is 12.4. The van der Waals surface area contributed by atoms with Crippen LogP contribution in [0.25, 0.3) is 11.4 Å². The van der Waals surface area contributed by atoms with Crippen molar-refractivity contribution >= 4 is 5.97 Å². The van der Waals surface area contributed by atoms with E-state index in [-0.39, 0.29) is 11.9 Å². The van der Waals surface area contributed by atoms with Crippen LogP contribution in [0, 0.1) is 11.8 Å². The molecule has 1 heterocycles. The van der Waals surface area contributed by atoms with Crippen LogP contribution in [0.5, 0.6) is 5.75 Å². The summed E-state index contributed by atoms with van der Waals surface area (Å²) in [7, 11) is 0. The Labute approximate surface area is 219 Å². The first-order chi connectivity index (χ1) is 17.6. The lowest BCUT2D eigenvalue weighted by molar-refractivity contribution is -0.140. The average molecular weight is 493 g/mol. The molecule has 0 radical (unpaired) electrons. The molecule has 3 rings (SSSR count). The Morgan fingerprint density at radius 2 is 1.50 bits per heavy atom. The Bertz CT molecular complexity index is 870. The van der Waals surface area contributed by atoms with Crippen LogP contribution in [0.2, 0.25) is 0 Å². The number of ether oxygens (including phenoxy) is 1. The molecule has 0 spiro atoms. The second-order valence-electron chi connectivity index (χ2n) is 10.8. The fourth-order valence-electron chi connectivity index (χ4n) is 5.58. The first kappa shape index (κ1) is 28.3. The van der Waals surface area contributed by atoms with Gasteiger partial charge in [-0.1, -0.05) is 78.6 Å². The fourth-order valence-corrected chi connectivity index (χ4v) is 5.58. The van der Waals surface area contributed by atoms with Crippen LogP contribution in [0.4, 0.5) is 0 Å². The Hall–Kier alpha value is -2.23. The van der Waals surface area contributed by atoms with Crippen LogP contribution in [0.15, 0.2) is 36.7 Å². The van der Waals surface area contributed by atoms with Gasteiger partial charge in [0.05, 0.1) is 5.92 Å². The van der Waals surface area contributed by atoms with E-state index in [1.807, 2.05) is 36.7 Å². The number of carbonyl (C=O) groups is 1. The van der Waals surface area contributed by atoms with Crippen molar-refractivity contribution in [2.24, 2.45) is 11.8 Å². The summed E-state index contributed by atoms with van der Waals surface area (Å²) in [6.07, 6.45) is 22.3. The molecule has 0 saturated heterocycles. The molecule has 1 atom stereocenters. The molecule has 1 fully saturated rings. The van der Waals surface area contributed by atoms with Gasteiger partial charge in [-0.05, 0) is 80.2 Å². The van der Waals surface area contributed by atoms with Crippen molar-refractivity contribution in [1.82, 2.24) is 9.97 Å². The van der Waals surface area contributed by atoms with Gasteiger partial charge in [0.25, 0.3) is 0 Å². The Morgan fingerprint density at radius 3 is 2.14 bits per heavy atom. The number of carbonyl (C=O) groups excluding carboxylic acids is 1. The van der Waals surface area contributed by atoms with Crippen LogP contribution >= 0.6 is 0 Å². The fraction of sp³-hybridized carbons (Fsp3) is 0.656. The van der Waals surface area contributed by atoms with E-state index >= 15 is 0 Å². The Balaban J connectivity index is 1.50. The highest BCUT2D eigenvalue weighted by atomic mass is 16.5. The summed E-state index contributed by atoms with van der Waals surface area (Å²) in [6, 6.07) is 7.65. The number of hydrogen-bond donors (Lipinski definition) is 0. The number of unbranched alkanes of at least 4 members (excludes halogenated alkanes) is 5. The second-order valence-corrected chi connectivity index (χ2v) is 10.8. The van der Waals surface area contributed by atoms with Crippen LogP contribution in [-0.2, 0) is 4.79 Å². The van der Waals surface area contributed by atoms with Crippen molar-refractivity contribution in [1.29, 1.82) is 0 Å². The second kappa shape index (κ2) is 15.8. The molecular formula is C32H48N2O2. The summed E-state index contributed by atoms with van der Waals surface area (Å²) in [5.41, 5.74) is 2.20. The van der Waals surface area contributed by atoms with E-state index in [4.69, 9.17) is 4.74 Å². The molecule has 2 aromatic rings. The maximum absolute atomic E-state index is 12.7. The molecule has 1 unspecified atom stereocenters. The molecule has 0 aliphatic heterocycles. The SMILES string of the molecule is CCCCCCC(CCC)c1cnc(-c2ccc(OC(=O)C3CCC(CCCCC)CC3)cc2)nc1. The molecular weight excluding hydrogens is 444 g/mol. The third-order valence-electron chi connectivity index (χ3n) is 7.91. The lowest BCUT2D eigenvalue weighted by atomic mass is 9.80. The van der Waals surface area contributed by atoms with Crippen LogP contribution < -0.4 is 4.74 Å². The van der Waals surface area contributed by atoms with Gasteiger partial charge in [-0.3, -0.25) is 4.79 Å². The summed E-state index contributed by atoms with van der Waals surface area (Å²) >= 11 is 0. The van der Waals surface area contributed by atoms with Gasteiger partial charge in [-0.15, -0.1) is 0 Å². The van der Waals surface area contributed by atoms with Crippen molar-refractivity contribution < 1.29 is 9.53 Å². The monoisotopic (exact) mass is 492 g/mol. The topological polar surface area (TPSA) is 52.1 Å². The minimum absolute atomic E-state index is 0.0426. The van der Waals surface area contributed by atoms with E-state index in [9.17, 15) is 4.79 Å². The molecule has 198 valence electrons. The average Bonchev–Trinajstić information content (AvgIpc) is 2.91. The van der Waals surface area contributed by atoms with Crippen LogP contribution in [0.1, 0.15) is 129 Å². The highest BCUT2D eigenvalue weighted by molar-refractivity contribution is 5.75. The molecule has 1 aromatic carbocycles. The summed E-state index contributed by atoms with van der Waals surface area (Å²) in [5, 5.41) is 0. The third-order valence-corrected chi connectivity index (χ3v) is 7.91. The van der Waals surface area contributed by atoms with Crippen molar-refractivity contribution in [3.8, 4) is 17.1 Å². The van der Waals surface area contributed by atoms with Crippen molar-refractivity contribution in [3.05, 3.63) is 42.2 Å². The molecule has 4 nitrogen and oxygen atoms in total. The van der Waals surface area contributed by atoms with E-state index < -0.39 is 0 Å². The number of esters is 1. The van der Waals surface area contributed by atoms with E-state index in [2.05, 4.69) is 30.7 Å². The summed E-state index contributed by atoms with van der Waals surface area (Å²) < 4.78 is 5.73. The zero-order valence-electron chi connectivity index (χ0n) is 23.0. The van der Waals surface area contributed by atoms with Crippen molar-refractivity contribution in [2.45, 2.75) is 123 Å². The minimum atomic E-state index is -0.0729. The number of hydrogen-bond acceptors (Lipinski definition) is 4. The molecule has 1 aromatic heterocycles. The van der Waals surface area contributed by atoms with Crippen LogP contribution in [0.3, 0.4) is 0 Å². The van der Waals surface area contributed by atoms with Gasteiger partial charge in [0.15, 0.2) is 5.82 Å². The smallest absolute Gasteiger partial charge is 0.314 e. The van der Waals surface area contributed by atoms with E-state index in [0.29, 0.717) is 11.7 Å². The van der Waals surface area contributed by atoms with E-state index in [0.717, 1.165) is 43.0 Å². The quantitative estimate of drug-likeness (QED) is 0.141. The highest BCUT2D eigenvalue weighted by Gasteiger charge is 2.27. The standard InChI is InChI=1S/C32H48N2O2/c1-4-7-9-11-14-26(12-6-3)29-23-33-31(34-24-29)27-19-21-30(22-20-27)36-32(35)28-17-15-25(16-18-28)13-10-8-5-2/h19-26,28H,4-18H2,1-3H3. The Morgan fingerprint density at radius 1 is 0.833 bits per heavy atom. The largest absolute Gasteiger partial charge is 0.426 e. The molecule has 1 aliphatic carbocycles. The molecule has 0 N–H and O–H groups in total. The predicted octanol–water partition coefficient (Wildman–Crippen LogP) is 9.29. The van der Waals surface area contributed by atoms with Gasteiger partial charge in [0, 0.05) is 18.0 Å².